The van der Waals surface area contributed by atoms with Crippen LogP contribution in [0.4, 0.5) is 10.1 Å². The van der Waals surface area contributed by atoms with Gasteiger partial charge in [0.15, 0.2) is 5.11 Å². The minimum absolute atomic E-state index is 0.0357. The Morgan fingerprint density at radius 1 is 1.22 bits per heavy atom. The fourth-order valence-electron chi connectivity index (χ4n) is 3.92. The van der Waals surface area contributed by atoms with Crippen molar-refractivity contribution < 1.29 is 18.7 Å². The van der Waals surface area contributed by atoms with Crippen LogP contribution in [0.2, 0.25) is 5.02 Å². The SMILES string of the molecule is COC(=O)CNC(=S)N1CCC(c2nc(C(=O)Nc3ccc(F)cc3-c3ccc(Cl)cc3)cs2)CC1. The Morgan fingerprint density at radius 3 is 2.64 bits per heavy atom. The average Bonchev–Trinajstić information content (AvgIpc) is 3.39. The maximum atomic E-state index is 14.0. The van der Waals surface area contributed by atoms with Gasteiger partial charge in [-0.15, -0.1) is 11.3 Å². The largest absolute Gasteiger partial charge is 0.468 e. The summed E-state index contributed by atoms with van der Waals surface area (Å²) in [6.07, 6.45) is 1.65. The molecule has 1 aliphatic heterocycles. The summed E-state index contributed by atoms with van der Waals surface area (Å²) in [4.78, 5) is 30.9. The predicted molar refractivity (Wildman–Crippen MR) is 143 cm³/mol. The number of carbonyl (C=O) groups is 2. The van der Waals surface area contributed by atoms with Gasteiger partial charge in [-0.25, -0.2) is 9.37 Å². The molecule has 0 aliphatic carbocycles. The Labute approximate surface area is 222 Å². The van der Waals surface area contributed by atoms with E-state index in [1.165, 1.54) is 36.6 Å². The molecule has 7 nitrogen and oxygen atoms in total. The highest BCUT2D eigenvalue weighted by Crippen LogP contribution is 2.32. The van der Waals surface area contributed by atoms with Crippen molar-refractivity contribution in [2.75, 3.05) is 32.1 Å². The highest BCUT2D eigenvalue weighted by molar-refractivity contribution is 7.80. The summed E-state index contributed by atoms with van der Waals surface area (Å²) in [5.74, 6) is -0.918. The number of thiazole rings is 1. The van der Waals surface area contributed by atoms with Crippen LogP contribution in [0.3, 0.4) is 0 Å². The highest BCUT2D eigenvalue weighted by Gasteiger charge is 2.25. The molecule has 0 saturated carbocycles. The van der Waals surface area contributed by atoms with Gasteiger partial charge in [-0.2, -0.15) is 0 Å². The van der Waals surface area contributed by atoms with Crippen molar-refractivity contribution in [1.82, 2.24) is 15.2 Å². The van der Waals surface area contributed by atoms with Gasteiger partial charge in [0.1, 0.15) is 18.1 Å². The molecule has 2 N–H and O–H groups in total. The van der Waals surface area contributed by atoms with Crippen molar-refractivity contribution in [3.05, 3.63) is 69.4 Å². The molecule has 2 aromatic carbocycles. The lowest BCUT2D eigenvalue weighted by Gasteiger charge is -2.33. The van der Waals surface area contributed by atoms with E-state index in [9.17, 15) is 14.0 Å². The summed E-state index contributed by atoms with van der Waals surface area (Å²) < 4.78 is 18.6. The molecule has 3 aromatic rings. The van der Waals surface area contributed by atoms with Gasteiger partial charge in [0, 0.05) is 40.7 Å². The molecule has 4 rings (SSSR count). The van der Waals surface area contributed by atoms with Gasteiger partial charge in [0.25, 0.3) is 5.91 Å². The summed E-state index contributed by atoms with van der Waals surface area (Å²) in [6, 6.07) is 11.2. The molecule has 0 bridgehead atoms. The zero-order valence-corrected chi connectivity index (χ0v) is 21.8. The fraction of sp³-hybridized carbons (Fsp3) is 0.280. The monoisotopic (exact) mass is 546 g/mol. The number of likely N-dealkylation sites (tertiary alicyclic amines) is 1. The van der Waals surface area contributed by atoms with Gasteiger partial charge in [-0.3, -0.25) is 9.59 Å². The summed E-state index contributed by atoms with van der Waals surface area (Å²) >= 11 is 12.8. The Hall–Kier alpha value is -3.08. The van der Waals surface area contributed by atoms with E-state index in [1.807, 2.05) is 4.90 Å². The molecule has 11 heteroatoms. The quantitative estimate of drug-likeness (QED) is 0.329. The first-order chi connectivity index (χ1) is 17.3. The first-order valence-electron chi connectivity index (χ1n) is 11.3. The van der Waals surface area contributed by atoms with E-state index in [2.05, 4.69) is 20.4 Å². The first-order valence-corrected chi connectivity index (χ1v) is 12.9. The maximum Gasteiger partial charge on any atom is 0.325 e. The molecule has 36 heavy (non-hydrogen) atoms. The molecule has 1 amide bonds. The number of benzene rings is 2. The molecule has 0 unspecified atom stereocenters. The van der Waals surface area contributed by atoms with Crippen LogP contribution in [0.1, 0.15) is 34.3 Å². The van der Waals surface area contributed by atoms with E-state index in [1.54, 1.807) is 29.6 Å². The van der Waals surface area contributed by atoms with E-state index in [0.717, 1.165) is 36.5 Å². The van der Waals surface area contributed by atoms with E-state index in [4.69, 9.17) is 23.8 Å². The third-order valence-electron chi connectivity index (χ3n) is 5.88. The number of anilines is 1. The minimum atomic E-state index is -0.403. The number of thiocarbonyl (C=S) groups is 1. The van der Waals surface area contributed by atoms with Crippen molar-refractivity contribution in [2.45, 2.75) is 18.8 Å². The Kier molecular flexibility index (Phi) is 8.50. The van der Waals surface area contributed by atoms with Crippen LogP contribution >= 0.6 is 35.2 Å². The zero-order valence-electron chi connectivity index (χ0n) is 19.4. The number of carbonyl (C=O) groups excluding carboxylic acids is 2. The van der Waals surface area contributed by atoms with Crippen molar-refractivity contribution in [3.63, 3.8) is 0 Å². The number of hydrogen-bond donors (Lipinski definition) is 2. The van der Waals surface area contributed by atoms with E-state index >= 15 is 0 Å². The molecule has 1 aromatic heterocycles. The summed E-state index contributed by atoms with van der Waals surface area (Å²) in [6.45, 7) is 1.48. The highest BCUT2D eigenvalue weighted by atomic mass is 35.5. The van der Waals surface area contributed by atoms with Crippen LogP contribution in [0.15, 0.2) is 47.8 Å². The number of rotatable bonds is 6. The average molecular weight is 547 g/mol. The molecule has 1 aliphatic rings. The van der Waals surface area contributed by atoms with Crippen molar-refractivity contribution in [2.24, 2.45) is 0 Å². The van der Waals surface area contributed by atoms with Crippen LogP contribution in [-0.4, -0.2) is 53.6 Å². The number of nitrogens with one attached hydrogen (secondary N) is 2. The lowest BCUT2D eigenvalue weighted by molar-refractivity contribution is -0.139. The Balaban J connectivity index is 1.38. The minimum Gasteiger partial charge on any atom is -0.468 e. The van der Waals surface area contributed by atoms with Gasteiger partial charge in [-0.1, -0.05) is 23.7 Å². The van der Waals surface area contributed by atoms with Gasteiger partial charge in [-0.05, 0) is 61.0 Å². The molecule has 0 atom stereocenters. The standard InChI is InChI=1S/C25H24ClFN4O3S2/c1-34-22(32)13-28-25(35)31-10-8-16(9-11-31)24-30-21(14-36-24)23(33)29-20-7-6-18(27)12-19(20)15-2-4-17(26)5-3-15/h2-7,12,14,16H,8-11,13H2,1H3,(H,28,35)(H,29,33). The van der Waals surface area contributed by atoms with E-state index < -0.39 is 5.82 Å². The Bertz CT molecular complexity index is 1260. The van der Waals surface area contributed by atoms with Crippen LogP contribution in [-0.2, 0) is 9.53 Å². The van der Waals surface area contributed by atoms with Crippen molar-refractivity contribution >= 4 is 57.8 Å². The third kappa shape index (κ3) is 6.37. The van der Waals surface area contributed by atoms with Gasteiger partial charge >= 0.3 is 5.97 Å². The molecule has 1 saturated heterocycles. The lowest BCUT2D eigenvalue weighted by Crippen LogP contribution is -2.45. The first kappa shape index (κ1) is 26.0. The number of hydrogen-bond acceptors (Lipinski definition) is 6. The normalized spacial score (nSPS) is 13.8. The number of aromatic nitrogens is 1. The van der Waals surface area contributed by atoms with Crippen molar-refractivity contribution in [1.29, 1.82) is 0 Å². The van der Waals surface area contributed by atoms with E-state index in [0.29, 0.717) is 27.1 Å². The third-order valence-corrected chi connectivity index (χ3v) is 7.54. The van der Waals surface area contributed by atoms with Crippen LogP contribution in [0, 0.1) is 5.82 Å². The topological polar surface area (TPSA) is 83.6 Å². The number of nitrogens with zero attached hydrogens (tertiary/aromatic N) is 2. The molecule has 0 radical (unpaired) electrons. The number of halogens is 2. The van der Waals surface area contributed by atoms with Gasteiger partial charge in [0.2, 0.25) is 0 Å². The van der Waals surface area contributed by atoms with Crippen LogP contribution < -0.4 is 10.6 Å². The smallest absolute Gasteiger partial charge is 0.325 e. The summed E-state index contributed by atoms with van der Waals surface area (Å²) in [5, 5.41) is 9.50. The zero-order chi connectivity index (χ0) is 25.7. The van der Waals surface area contributed by atoms with Crippen molar-refractivity contribution in [3.8, 4) is 11.1 Å². The summed E-state index contributed by atoms with van der Waals surface area (Å²) in [5.41, 5.74) is 2.09. The lowest BCUT2D eigenvalue weighted by atomic mass is 9.98. The number of piperidine rings is 1. The number of ether oxygens (including phenoxy) is 1. The van der Waals surface area contributed by atoms with Crippen LogP contribution in [0.25, 0.3) is 11.1 Å². The summed E-state index contributed by atoms with van der Waals surface area (Å²) in [7, 11) is 1.33. The van der Waals surface area contributed by atoms with Gasteiger partial charge < -0.3 is 20.3 Å². The maximum absolute atomic E-state index is 14.0. The number of methoxy groups -OCH3 is 1. The second-order valence-electron chi connectivity index (χ2n) is 8.22. The number of amides is 1. The van der Waals surface area contributed by atoms with Gasteiger partial charge in [0.05, 0.1) is 12.1 Å². The van der Waals surface area contributed by atoms with Crippen LogP contribution in [0.5, 0.6) is 0 Å². The molecular weight excluding hydrogens is 523 g/mol. The molecule has 1 fully saturated rings. The molecular formula is C25H24ClFN4O3S2. The van der Waals surface area contributed by atoms with E-state index in [-0.39, 0.29) is 24.3 Å². The molecule has 0 spiro atoms. The number of esters is 1. The molecule has 2 heterocycles. The molecule has 188 valence electrons. The fourth-order valence-corrected chi connectivity index (χ4v) is 5.27. The second kappa shape index (κ2) is 11.8. The Morgan fingerprint density at radius 2 is 1.94 bits per heavy atom. The second-order valence-corrected chi connectivity index (χ2v) is 9.93. The predicted octanol–water partition coefficient (Wildman–Crippen LogP) is 5.08.